The fourth-order valence-corrected chi connectivity index (χ4v) is 15.1. The number of nitrogens with one attached hydrogen (secondary N) is 9. The van der Waals surface area contributed by atoms with Crippen molar-refractivity contribution in [3.05, 3.63) is 100 Å². The van der Waals surface area contributed by atoms with Crippen molar-refractivity contribution < 1.29 is 118 Å². The molecule has 2 aromatic rings. The molecule has 14 atom stereocenters. The molecule has 0 spiro atoms. The van der Waals surface area contributed by atoms with E-state index in [1.807, 2.05) is 6.08 Å². The molecule has 0 saturated carbocycles. The number of hydrogen-bond donors (Lipinski definition) is 12. The smallest absolute Gasteiger partial charge is 0.456 e. The molecule has 12 amide bonds. The molecule has 0 saturated heterocycles. The fraction of sp³-hybridized carbons (Fsp3) is 0.627. The maximum atomic E-state index is 14.4. The number of alkyl carbamates (subject to hydrolysis) is 3. The number of nitrogens with zero attached hydrogens (tertiary/aromatic N) is 2. The van der Waals surface area contributed by atoms with Crippen LogP contribution in [0, 0.1) is 23.7 Å². The number of amides is 12. The van der Waals surface area contributed by atoms with Crippen LogP contribution in [-0.4, -0.2) is 211 Å². The highest BCUT2D eigenvalue weighted by atomic mass is 35.5. The fourth-order valence-electron chi connectivity index (χ4n) is 12.9. The van der Waals surface area contributed by atoms with Crippen molar-refractivity contribution in [3.8, 4) is 0 Å². The summed E-state index contributed by atoms with van der Waals surface area (Å²) in [4.78, 5) is 200. The lowest BCUT2D eigenvalue weighted by Gasteiger charge is -2.33. The molecule has 40 heteroatoms. The van der Waals surface area contributed by atoms with E-state index in [0.717, 1.165) is 29.1 Å². The molecule has 1 aliphatic heterocycles. The third-order valence-electron chi connectivity index (χ3n) is 20.4. The van der Waals surface area contributed by atoms with Gasteiger partial charge in [-0.2, -0.15) is 4.31 Å². The summed E-state index contributed by atoms with van der Waals surface area (Å²) >= 11 is 6.18. The van der Waals surface area contributed by atoms with Crippen molar-refractivity contribution in [2.45, 2.75) is 260 Å². The number of phosphoric acid groups is 2. The first-order chi connectivity index (χ1) is 58.0. The van der Waals surface area contributed by atoms with Gasteiger partial charge in [0.1, 0.15) is 61.2 Å². The van der Waals surface area contributed by atoms with Gasteiger partial charge < -0.3 is 96.9 Å². The largest absolute Gasteiger partial charge is 0.481 e. The Labute approximate surface area is 725 Å². The standard InChI is InChI=1S/C83H129ClN12O25P2/c1-15-53(7)70-75(101)90-58(12)79(105)120-71(54(8)16-2)56(10)66(41-32-55(9)78(104)118-67(47-51(3)4)73(99)89-57(11)76(102)96(14)65(48-59-33-37-61(84)38-34-59)77(103)95(13)49-68(97)93-70)119-82(108)88-43-25-21-27-46-116-123(112,113)121-122(110,111)115-45-26-20-24-42-87-81(107)114-50-60-35-39-62(40-36-60)91-72(98)64(31-28-44-86-80(85)106)92-74(100)69(52(5)6)94-83(109)117-63-29-22-18-17-19-23-30-63/h16-18,32-40,51-53,56-58,63-67,69-71H,15,19-31,41-50H2,1-14H3,(H,87,107)(H,88,108)(H,89,99)(H,90,101)(H,91,98)(H,92,100)(H,93,97)(H,94,109)(H,110,111)(H,112,113)(H3,85,86,106)/b18-17+,54-16+,55-32+/t53-,56+,57+,58+,63?,64-,65-,66+,67-,69-,70+,71-/m1/s1. The Kier molecular flexibility index (Phi) is 46.7. The number of hydrogen-bond acceptors (Lipinski definition) is 23. The normalized spacial score (nSPS) is 22.9. The minimum atomic E-state index is -5.16. The van der Waals surface area contributed by atoms with E-state index in [9.17, 15) is 81.2 Å². The van der Waals surface area contributed by atoms with Crippen LogP contribution in [-0.2, 0) is 102 Å². The van der Waals surface area contributed by atoms with Gasteiger partial charge in [0.15, 0.2) is 6.10 Å². The summed E-state index contributed by atoms with van der Waals surface area (Å²) in [5.41, 5.74) is 7.20. The number of phosphoric ester groups is 2. The third kappa shape index (κ3) is 39.9. The Morgan fingerprint density at radius 1 is 0.707 bits per heavy atom. The maximum absolute atomic E-state index is 14.4. The highest BCUT2D eigenvalue weighted by Gasteiger charge is 2.40. The molecule has 4 rings (SSSR count). The van der Waals surface area contributed by atoms with Crippen LogP contribution in [0.25, 0.3) is 0 Å². The van der Waals surface area contributed by atoms with Crippen molar-refractivity contribution in [2.24, 2.45) is 29.4 Å². The Hall–Kier alpha value is -9.48. The summed E-state index contributed by atoms with van der Waals surface area (Å²) in [6.07, 6.45) is 6.56. The van der Waals surface area contributed by atoms with E-state index in [2.05, 4.69) is 58.2 Å². The number of esters is 2. The van der Waals surface area contributed by atoms with E-state index in [-0.39, 0.29) is 114 Å². The first-order valence-corrected chi connectivity index (χ1v) is 45.1. The first kappa shape index (κ1) is 106. The third-order valence-corrected chi connectivity index (χ3v) is 23.4. The Morgan fingerprint density at radius 2 is 1.31 bits per heavy atom. The number of ether oxygens (including phenoxy) is 5. The number of rotatable bonds is 37. The summed E-state index contributed by atoms with van der Waals surface area (Å²) in [5.74, 6) is -8.71. The second kappa shape index (κ2) is 54.3. The minimum absolute atomic E-state index is 0.0169. The average Bonchev–Trinajstić information content (AvgIpc) is 0.846. The number of likely N-dealkylation sites (N-methyl/N-ethyl adjacent to an activating group) is 2. The van der Waals surface area contributed by atoms with E-state index >= 15 is 0 Å². The highest BCUT2D eigenvalue weighted by Crippen LogP contribution is 2.60. The molecule has 0 fully saturated rings. The average molecular weight is 1790 g/mol. The summed E-state index contributed by atoms with van der Waals surface area (Å²) in [6, 6.07) is 4.93. The first-order valence-electron chi connectivity index (χ1n) is 41.8. The van der Waals surface area contributed by atoms with Crippen molar-refractivity contribution >= 4 is 111 Å². The monoisotopic (exact) mass is 1790 g/mol. The van der Waals surface area contributed by atoms with E-state index in [4.69, 9.17) is 50.1 Å². The number of nitrogens with two attached hydrogens (primary N) is 1. The zero-order chi connectivity index (χ0) is 91.7. The number of allylic oxidation sites excluding steroid dienone is 3. The van der Waals surface area contributed by atoms with Crippen LogP contribution in [0.3, 0.4) is 0 Å². The molecule has 13 N–H and O–H groups in total. The maximum Gasteiger partial charge on any atom is 0.481 e. The topological polar surface area (TPSA) is 511 Å². The highest BCUT2D eigenvalue weighted by molar-refractivity contribution is 7.61. The minimum Gasteiger partial charge on any atom is -0.456 e. The van der Waals surface area contributed by atoms with Gasteiger partial charge in [0.25, 0.3) is 5.91 Å². The van der Waals surface area contributed by atoms with Crippen molar-refractivity contribution in [1.29, 1.82) is 0 Å². The number of benzene rings is 2. The molecule has 123 heavy (non-hydrogen) atoms. The van der Waals surface area contributed by atoms with Crippen LogP contribution in [0.1, 0.15) is 197 Å². The van der Waals surface area contributed by atoms with Crippen molar-refractivity contribution in [1.82, 2.24) is 52.3 Å². The van der Waals surface area contributed by atoms with E-state index < -0.39 is 173 Å². The number of unbranched alkanes of at least 4 members (excludes halogenated alkanes) is 4. The van der Waals surface area contributed by atoms with Crippen molar-refractivity contribution in [2.75, 3.05) is 58.8 Å². The van der Waals surface area contributed by atoms with Gasteiger partial charge in [-0.05, 0) is 183 Å². The Morgan fingerprint density at radius 3 is 1.91 bits per heavy atom. The van der Waals surface area contributed by atoms with E-state index in [0.29, 0.717) is 59.5 Å². The summed E-state index contributed by atoms with van der Waals surface area (Å²) < 4.78 is 68.6. The molecule has 2 aromatic carbocycles. The molecule has 2 aliphatic rings. The molecular formula is C83H129ClN12O25P2. The zero-order valence-electron chi connectivity index (χ0n) is 73.0. The zero-order valence-corrected chi connectivity index (χ0v) is 75.6. The van der Waals surface area contributed by atoms with Crippen LogP contribution in [0.5, 0.6) is 0 Å². The van der Waals surface area contributed by atoms with E-state index in [1.54, 1.807) is 117 Å². The van der Waals surface area contributed by atoms with Gasteiger partial charge in [-0.15, -0.1) is 0 Å². The second-order valence-electron chi connectivity index (χ2n) is 31.5. The van der Waals surface area contributed by atoms with Crippen LogP contribution in [0.4, 0.5) is 24.9 Å². The predicted octanol–water partition coefficient (Wildman–Crippen LogP) is 9.65. The number of urea groups is 1. The van der Waals surface area contributed by atoms with Gasteiger partial charge in [-0.25, -0.2) is 37.9 Å². The Bertz CT molecular complexity index is 4020. The molecule has 3 unspecified atom stereocenters. The number of primary amides is 1. The van der Waals surface area contributed by atoms with Crippen LogP contribution in [0.15, 0.2) is 84.0 Å². The molecule has 0 aromatic heterocycles. The lowest BCUT2D eigenvalue weighted by atomic mass is 9.90. The number of halogens is 1. The molecular weight excluding hydrogens is 1660 g/mol. The van der Waals surface area contributed by atoms with Crippen LogP contribution < -0.4 is 53.6 Å². The molecule has 1 aliphatic carbocycles. The van der Waals surface area contributed by atoms with Crippen LogP contribution in [0.2, 0.25) is 5.02 Å². The van der Waals surface area contributed by atoms with Crippen LogP contribution >= 0.6 is 27.2 Å². The molecule has 0 radical (unpaired) electrons. The predicted molar refractivity (Wildman–Crippen MR) is 457 cm³/mol. The second-order valence-corrected chi connectivity index (χ2v) is 35.0. The van der Waals surface area contributed by atoms with Gasteiger partial charge in [-0.3, -0.25) is 42.6 Å². The van der Waals surface area contributed by atoms with Crippen molar-refractivity contribution in [3.63, 3.8) is 0 Å². The lowest BCUT2D eigenvalue weighted by Crippen LogP contribution is -2.57. The summed E-state index contributed by atoms with van der Waals surface area (Å²) in [5, 5.41) is 24.2. The number of carbonyl (C=O) groups excluding carboxylic acids is 13. The van der Waals surface area contributed by atoms with Gasteiger partial charge in [-0.1, -0.05) is 115 Å². The van der Waals surface area contributed by atoms with Gasteiger partial charge in [0, 0.05) is 68.8 Å². The van der Waals surface area contributed by atoms with E-state index in [1.165, 1.54) is 40.9 Å². The van der Waals surface area contributed by atoms with Gasteiger partial charge in [0.05, 0.1) is 19.8 Å². The number of cyclic esters (lactones) is 2. The molecule has 688 valence electrons. The molecule has 37 nitrogen and oxygen atoms in total. The quantitative estimate of drug-likeness (QED) is 0.00984. The lowest BCUT2D eigenvalue weighted by molar-refractivity contribution is -0.155. The van der Waals surface area contributed by atoms with Gasteiger partial charge >= 0.3 is 51.9 Å². The molecule has 1 heterocycles. The SMILES string of the molecule is C/C=C(\C)[C@H]1OC(=O)[C@H](C)NC(=O)[C@H]([C@H](C)CC)NC(=O)CN(C)C(=O)[C@@H](Cc2ccc(Cl)cc2)N(C)C(=O)[C@H](C)NC(=O)[C@@H](CC(C)C)OC(=O)/C(C)=C/C[C@H](OC(=O)NCCCCCOP(=O)(O)OP(=O)(O)OCCCCCNC(=O)OCc2ccc(NC(=O)[C@@H](CCCNC(N)=O)NC(=O)[C@H](NC(=O)OC3CC/C=C/CCC3)C(C)C)cc2)[C@@H]1C. The number of anilines is 1. The summed E-state index contributed by atoms with van der Waals surface area (Å²) in [6.45, 7) is 18.4. The summed E-state index contributed by atoms with van der Waals surface area (Å²) in [7, 11) is -7.57. The Balaban J connectivity index is 1.30. The number of carbonyl (C=O) groups is 13. The molecule has 0 bridgehead atoms. The van der Waals surface area contributed by atoms with Gasteiger partial charge in [0.2, 0.25) is 35.4 Å².